The molecule has 2 aromatic heterocycles. The molecule has 0 aliphatic rings. The Morgan fingerprint density at radius 2 is 1.75 bits per heavy atom. The van der Waals surface area contributed by atoms with Crippen LogP contribution in [0.1, 0.15) is 11.3 Å². The van der Waals surface area contributed by atoms with Gasteiger partial charge in [0, 0.05) is 17.3 Å². The van der Waals surface area contributed by atoms with Gasteiger partial charge >= 0.3 is 0 Å². The maximum Gasteiger partial charge on any atom is 0.246 e. The smallest absolute Gasteiger partial charge is 0.246 e. The van der Waals surface area contributed by atoms with Crippen molar-refractivity contribution < 1.29 is 9.18 Å². The van der Waals surface area contributed by atoms with Crippen LogP contribution in [0.2, 0.25) is 0 Å². The second kappa shape index (κ2) is 7.23. The first-order chi connectivity index (χ1) is 13.5. The van der Waals surface area contributed by atoms with Crippen molar-refractivity contribution >= 4 is 22.6 Å². The lowest BCUT2D eigenvalue weighted by molar-refractivity contribution is -0.116. The molecular weight excluding hydrogens is 355 g/mol. The molecule has 0 aliphatic heterocycles. The molecule has 1 N–H and O–H groups in total. The Labute approximate surface area is 161 Å². The van der Waals surface area contributed by atoms with Gasteiger partial charge in [-0.05, 0) is 55.3 Å². The van der Waals surface area contributed by atoms with Gasteiger partial charge < -0.3 is 5.32 Å². The van der Waals surface area contributed by atoms with Crippen LogP contribution in [-0.4, -0.2) is 20.7 Å². The standard InChI is InChI=1S/C22H19FN4O/c1-14-3-9-18(10-4-14)25-20(28)13-27-22-21(15(2)26-27)19(11-12-24-22)16-5-7-17(23)8-6-16/h3-12H,13H2,1-2H3,(H,25,28). The van der Waals surface area contributed by atoms with Crippen molar-refractivity contribution in [1.29, 1.82) is 0 Å². The maximum atomic E-state index is 13.3. The Bertz CT molecular complexity index is 1150. The minimum absolute atomic E-state index is 0.0537. The first-order valence-electron chi connectivity index (χ1n) is 8.96. The summed E-state index contributed by atoms with van der Waals surface area (Å²) < 4.78 is 14.9. The number of hydrogen-bond acceptors (Lipinski definition) is 3. The van der Waals surface area contributed by atoms with Gasteiger partial charge in [0.15, 0.2) is 5.65 Å². The highest BCUT2D eigenvalue weighted by Crippen LogP contribution is 2.29. The van der Waals surface area contributed by atoms with Crippen molar-refractivity contribution in [2.24, 2.45) is 0 Å². The molecule has 140 valence electrons. The van der Waals surface area contributed by atoms with E-state index in [1.165, 1.54) is 12.1 Å². The summed E-state index contributed by atoms with van der Waals surface area (Å²) in [5, 5.41) is 8.24. The Balaban J connectivity index is 1.65. The number of pyridine rings is 1. The number of carbonyl (C=O) groups is 1. The number of aromatic nitrogens is 3. The number of rotatable bonds is 4. The maximum absolute atomic E-state index is 13.3. The first-order valence-corrected chi connectivity index (χ1v) is 8.96. The van der Waals surface area contributed by atoms with Crippen LogP contribution in [0.4, 0.5) is 10.1 Å². The summed E-state index contributed by atoms with van der Waals surface area (Å²) in [6.45, 7) is 3.93. The lowest BCUT2D eigenvalue weighted by Gasteiger charge is -2.07. The third kappa shape index (κ3) is 3.49. The van der Waals surface area contributed by atoms with E-state index in [4.69, 9.17) is 0 Å². The minimum atomic E-state index is -0.283. The molecule has 0 fully saturated rings. The van der Waals surface area contributed by atoms with Crippen molar-refractivity contribution in [2.45, 2.75) is 20.4 Å². The van der Waals surface area contributed by atoms with Crippen LogP contribution >= 0.6 is 0 Å². The molecule has 0 unspecified atom stereocenters. The zero-order chi connectivity index (χ0) is 19.7. The third-order valence-corrected chi connectivity index (χ3v) is 4.59. The van der Waals surface area contributed by atoms with Gasteiger partial charge in [0.25, 0.3) is 0 Å². The van der Waals surface area contributed by atoms with Crippen LogP contribution in [0, 0.1) is 19.7 Å². The van der Waals surface area contributed by atoms with Crippen molar-refractivity contribution in [3.8, 4) is 11.1 Å². The fraction of sp³-hybridized carbons (Fsp3) is 0.136. The number of aryl methyl sites for hydroxylation is 2. The quantitative estimate of drug-likeness (QED) is 0.572. The molecule has 28 heavy (non-hydrogen) atoms. The first kappa shape index (κ1) is 17.9. The second-order valence-corrected chi connectivity index (χ2v) is 6.72. The highest BCUT2D eigenvalue weighted by molar-refractivity contribution is 5.96. The summed E-state index contributed by atoms with van der Waals surface area (Å²) in [5.41, 5.74) is 5.05. The molecule has 0 saturated carbocycles. The largest absolute Gasteiger partial charge is 0.324 e. The number of amides is 1. The number of benzene rings is 2. The predicted octanol–water partition coefficient (Wildman–Crippen LogP) is 4.49. The SMILES string of the molecule is Cc1ccc(NC(=O)Cn2nc(C)c3c(-c4ccc(F)cc4)ccnc32)cc1. The molecule has 0 radical (unpaired) electrons. The van der Waals surface area contributed by atoms with Crippen LogP contribution in [0.5, 0.6) is 0 Å². The molecule has 4 rings (SSSR count). The minimum Gasteiger partial charge on any atom is -0.324 e. The molecule has 5 nitrogen and oxygen atoms in total. The zero-order valence-electron chi connectivity index (χ0n) is 15.6. The van der Waals surface area contributed by atoms with E-state index < -0.39 is 0 Å². The molecule has 2 aromatic carbocycles. The van der Waals surface area contributed by atoms with Gasteiger partial charge in [-0.1, -0.05) is 29.8 Å². The number of nitrogens with one attached hydrogen (secondary N) is 1. The van der Waals surface area contributed by atoms with Gasteiger partial charge in [-0.2, -0.15) is 5.10 Å². The fourth-order valence-electron chi connectivity index (χ4n) is 3.24. The van der Waals surface area contributed by atoms with E-state index in [1.54, 1.807) is 23.0 Å². The Kier molecular flexibility index (Phi) is 4.61. The van der Waals surface area contributed by atoms with Gasteiger partial charge in [-0.3, -0.25) is 4.79 Å². The molecule has 0 saturated heterocycles. The summed E-state index contributed by atoms with van der Waals surface area (Å²) in [6, 6.07) is 15.8. The number of halogens is 1. The highest BCUT2D eigenvalue weighted by Gasteiger charge is 2.16. The monoisotopic (exact) mass is 374 g/mol. The molecule has 0 bridgehead atoms. The summed E-state index contributed by atoms with van der Waals surface area (Å²) >= 11 is 0. The highest BCUT2D eigenvalue weighted by atomic mass is 19.1. The summed E-state index contributed by atoms with van der Waals surface area (Å²) in [5.74, 6) is -0.462. The lowest BCUT2D eigenvalue weighted by Crippen LogP contribution is -2.19. The third-order valence-electron chi connectivity index (χ3n) is 4.59. The van der Waals surface area contributed by atoms with Gasteiger partial charge in [0.2, 0.25) is 5.91 Å². The van der Waals surface area contributed by atoms with Gasteiger partial charge in [-0.15, -0.1) is 0 Å². The number of hydrogen-bond donors (Lipinski definition) is 1. The number of nitrogens with zero attached hydrogens (tertiary/aromatic N) is 3. The summed E-state index contributed by atoms with van der Waals surface area (Å²) in [4.78, 5) is 16.9. The normalized spacial score (nSPS) is 11.0. The van der Waals surface area contributed by atoms with Gasteiger partial charge in [-0.25, -0.2) is 14.1 Å². The molecule has 1 amide bonds. The van der Waals surface area contributed by atoms with Crippen molar-refractivity contribution in [3.05, 3.63) is 77.9 Å². The summed E-state index contributed by atoms with van der Waals surface area (Å²) in [7, 11) is 0. The van der Waals surface area contributed by atoms with Crippen LogP contribution in [0.3, 0.4) is 0 Å². The van der Waals surface area contributed by atoms with Crippen molar-refractivity contribution in [1.82, 2.24) is 14.8 Å². The van der Waals surface area contributed by atoms with Crippen molar-refractivity contribution in [3.63, 3.8) is 0 Å². The zero-order valence-corrected chi connectivity index (χ0v) is 15.6. The van der Waals surface area contributed by atoms with Crippen LogP contribution in [-0.2, 0) is 11.3 Å². The number of carbonyl (C=O) groups excluding carboxylic acids is 1. The van der Waals surface area contributed by atoms with E-state index in [0.717, 1.165) is 33.5 Å². The van der Waals surface area contributed by atoms with E-state index in [0.29, 0.717) is 5.65 Å². The van der Waals surface area contributed by atoms with Crippen LogP contribution in [0.15, 0.2) is 60.8 Å². The molecule has 4 aromatic rings. The average Bonchev–Trinajstić information content (AvgIpc) is 3.00. The Morgan fingerprint density at radius 1 is 1.04 bits per heavy atom. The topological polar surface area (TPSA) is 59.8 Å². The van der Waals surface area contributed by atoms with Gasteiger partial charge in [0.05, 0.1) is 5.69 Å². The predicted molar refractivity (Wildman–Crippen MR) is 107 cm³/mol. The van der Waals surface area contributed by atoms with Crippen molar-refractivity contribution in [2.75, 3.05) is 5.32 Å². The molecule has 0 atom stereocenters. The number of anilines is 1. The van der Waals surface area contributed by atoms with E-state index in [1.807, 2.05) is 44.2 Å². The molecule has 0 aliphatic carbocycles. The molecule has 2 heterocycles. The van der Waals surface area contributed by atoms with E-state index in [2.05, 4.69) is 15.4 Å². The second-order valence-electron chi connectivity index (χ2n) is 6.72. The molecular formula is C22H19FN4O. The number of fused-ring (bicyclic) bond motifs is 1. The van der Waals surface area contributed by atoms with E-state index in [9.17, 15) is 9.18 Å². The molecule has 0 spiro atoms. The van der Waals surface area contributed by atoms with Crippen LogP contribution < -0.4 is 5.32 Å². The molecule has 6 heteroatoms. The Morgan fingerprint density at radius 3 is 2.46 bits per heavy atom. The summed E-state index contributed by atoms with van der Waals surface area (Å²) in [6.07, 6.45) is 1.68. The van der Waals surface area contributed by atoms with E-state index >= 15 is 0 Å². The Hall–Kier alpha value is -3.54. The average molecular weight is 374 g/mol. The lowest BCUT2D eigenvalue weighted by atomic mass is 10.0. The van der Waals surface area contributed by atoms with Gasteiger partial charge in [0.1, 0.15) is 12.4 Å². The fourth-order valence-corrected chi connectivity index (χ4v) is 3.24. The van der Waals surface area contributed by atoms with E-state index in [-0.39, 0.29) is 18.3 Å². The van der Waals surface area contributed by atoms with Crippen LogP contribution in [0.25, 0.3) is 22.2 Å².